The molecule has 0 fully saturated rings. The summed E-state index contributed by atoms with van der Waals surface area (Å²) in [5, 5.41) is 7.88. The summed E-state index contributed by atoms with van der Waals surface area (Å²) in [4.78, 5) is 56.0. The fourth-order valence-corrected chi connectivity index (χ4v) is 4.42. The molecule has 2 amide bonds. The van der Waals surface area contributed by atoms with Crippen LogP contribution in [-0.2, 0) is 11.3 Å². The smallest absolute Gasteiger partial charge is 0.294 e. The first-order valence-electron chi connectivity index (χ1n) is 13.0. The molecule has 3 aromatic carbocycles. The van der Waals surface area contributed by atoms with Crippen LogP contribution in [-0.4, -0.2) is 47.3 Å². The second-order valence-corrected chi connectivity index (χ2v) is 9.62. The average molecular weight is 574 g/mol. The number of carbonyl (C=O) groups is 3. The van der Waals surface area contributed by atoms with Crippen molar-refractivity contribution >= 4 is 23.4 Å². The molecule has 0 aliphatic carbocycles. The molecule has 1 aromatic heterocycles. The molecule has 0 saturated carbocycles. The minimum Gasteiger partial charge on any atom is -0.355 e. The van der Waals surface area contributed by atoms with Crippen LogP contribution in [0.4, 0.5) is 14.6 Å². The standard InChI is InChI=1S/C31H29F2N5O4/c1-17-24(6-5-7-25(17)30(41)35-4)26-15-36-28(37-29(40)18(2)34-3)31(42)38(26)16-19-12-21(14-23(33)13-19)27(39)20-8-10-22(32)11-9-20/h5-15,18,34H,16H2,1-4H3,(H,35,41)(H,36,37,40). The van der Waals surface area contributed by atoms with Gasteiger partial charge in [-0.2, -0.15) is 0 Å². The van der Waals surface area contributed by atoms with Gasteiger partial charge < -0.3 is 16.0 Å². The van der Waals surface area contributed by atoms with Gasteiger partial charge in [0.15, 0.2) is 11.6 Å². The first kappa shape index (κ1) is 29.9. The van der Waals surface area contributed by atoms with Gasteiger partial charge in [-0.25, -0.2) is 13.8 Å². The molecule has 3 N–H and O–H groups in total. The summed E-state index contributed by atoms with van der Waals surface area (Å²) < 4.78 is 29.5. The fraction of sp³-hybridized carbons (Fsp3) is 0.194. The highest BCUT2D eigenvalue weighted by Crippen LogP contribution is 2.26. The largest absolute Gasteiger partial charge is 0.355 e. The number of halogens is 2. The molecule has 1 atom stereocenters. The Hall–Kier alpha value is -5.03. The SMILES string of the molecule is CNC(=O)c1cccc(-c2cnc(NC(=O)C(C)NC)c(=O)n2Cc2cc(F)cc(C(=O)c3ccc(F)cc3)c2)c1C. The van der Waals surface area contributed by atoms with E-state index in [2.05, 4.69) is 20.9 Å². The van der Waals surface area contributed by atoms with Gasteiger partial charge in [0.1, 0.15) is 11.6 Å². The highest BCUT2D eigenvalue weighted by atomic mass is 19.1. The van der Waals surface area contributed by atoms with Gasteiger partial charge in [0, 0.05) is 29.3 Å². The Morgan fingerprint density at radius 3 is 2.33 bits per heavy atom. The van der Waals surface area contributed by atoms with Gasteiger partial charge in [-0.1, -0.05) is 12.1 Å². The molecule has 9 nitrogen and oxygen atoms in total. The molecule has 42 heavy (non-hydrogen) atoms. The molecule has 0 aliphatic rings. The molecule has 11 heteroatoms. The van der Waals surface area contributed by atoms with Crippen molar-refractivity contribution in [1.82, 2.24) is 20.2 Å². The number of nitrogens with zero attached hydrogens (tertiary/aromatic N) is 2. The Kier molecular flexibility index (Phi) is 9.02. The molecule has 0 radical (unpaired) electrons. The van der Waals surface area contributed by atoms with Crippen molar-refractivity contribution in [1.29, 1.82) is 0 Å². The number of anilines is 1. The third-order valence-electron chi connectivity index (χ3n) is 6.87. The number of hydrogen-bond acceptors (Lipinski definition) is 6. The van der Waals surface area contributed by atoms with E-state index < -0.39 is 34.9 Å². The van der Waals surface area contributed by atoms with Gasteiger partial charge in [0.25, 0.3) is 11.5 Å². The lowest BCUT2D eigenvalue weighted by molar-refractivity contribution is -0.117. The highest BCUT2D eigenvalue weighted by Gasteiger charge is 2.20. The van der Waals surface area contributed by atoms with Crippen molar-refractivity contribution in [3.05, 3.63) is 117 Å². The van der Waals surface area contributed by atoms with E-state index in [4.69, 9.17) is 0 Å². The van der Waals surface area contributed by atoms with Crippen LogP contribution in [0.3, 0.4) is 0 Å². The molecule has 0 saturated heterocycles. The molecular formula is C31H29F2N5O4. The van der Waals surface area contributed by atoms with Crippen molar-refractivity contribution in [3.63, 3.8) is 0 Å². The van der Waals surface area contributed by atoms with E-state index in [9.17, 15) is 28.0 Å². The summed E-state index contributed by atoms with van der Waals surface area (Å²) >= 11 is 0. The lowest BCUT2D eigenvalue weighted by atomic mass is 9.98. The van der Waals surface area contributed by atoms with Gasteiger partial charge in [-0.15, -0.1) is 0 Å². The number of likely N-dealkylation sites (N-methyl/N-ethyl adjacent to an activating group) is 1. The summed E-state index contributed by atoms with van der Waals surface area (Å²) in [5.74, 6) is -2.81. The van der Waals surface area contributed by atoms with E-state index in [1.807, 2.05) is 0 Å². The molecule has 0 bridgehead atoms. The second-order valence-electron chi connectivity index (χ2n) is 9.62. The maximum atomic E-state index is 14.8. The molecule has 1 unspecified atom stereocenters. The Morgan fingerprint density at radius 2 is 1.67 bits per heavy atom. The molecule has 216 valence electrons. The van der Waals surface area contributed by atoms with Gasteiger partial charge in [0.05, 0.1) is 24.5 Å². The van der Waals surface area contributed by atoms with E-state index in [1.54, 1.807) is 39.1 Å². The minimum atomic E-state index is -0.712. The number of aromatic nitrogens is 2. The van der Waals surface area contributed by atoms with Crippen molar-refractivity contribution < 1.29 is 23.2 Å². The van der Waals surface area contributed by atoms with Gasteiger partial charge in [-0.05, 0) is 80.6 Å². The second kappa shape index (κ2) is 12.6. The normalized spacial score (nSPS) is 11.6. The molecule has 4 rings (SSSR count). The summed E-state index contributed by atoms with van der Waals surface area (Å²) in [6.45, 7) is 3.13. The van der Waals surface area contributed by atoms with Crippen LogP contribution in [0.5, 0.6) is 0 Å². The minimum absolute atomic E-state index is 0.00873. The lowest BCUT2D eigenvalue weighted by Crippen LogP contribution is -2.38. The van der Waals surface area contributed by atoms with Crippen LogP contribution in [0.1, 0.15) is 44.3 Å². The van der Waals surface area contributed by atoms with Crippen molar-refractivity contribution in [3.8, 4) is 11.3 Å². The Labute approximate surface area is 240 Å². The van der Waals surface area contributed by atoms with Gasteiger partial charge in [-0.3, -0.25) is 23.7 Å². The zero-order chi connectivity index (χ0) is 30.6. The maximum absolute atomic E-state index is 14.8. The van der Waals surface area contributed by atoms with Crippen molar-refractivity contribution in [2.75, 3.05) is 19.4 Å². The number of rotatable bonds is 9. The van der Waals surface area contributed by atoms with Crippen LogP contribution >= 0.6 is 0 Å². The van der Waals surface area contributed by atoms with E-state index in [0.717, 1.165) is 18.2 Å². The Balaban J connectivity index is 1.85. The molecular weight excluding hydrogens is 544 g/mol. The van der Waals surface area contributed by atoms with Crippen LogP contribution in [0.2, 0.25) is 0 Å². The van der Waals surface area contributed by atoms with E-state index >= 15 is 0 Å². The molecule has 1 heterocycles. The molecule has 4 aromatic rings. The third-order valence-corrected chi connectivity index (χ3v) is 6.87. The fourth-order valence-electron chi connectivity index (χ4n) is 4.42. The summed E-state index contributed by atoms with van der Waals surface area (Å²) in [5.41, 5.74) is 1.54. The lowest BCUT2D eigenvalue weighted by Gasteiger charge is -2.18. The van der Waals surface area contributed by atoms with Crippen LogP contribution in [0.25, 0.3) is 11.3 Å². The zero-order valence-corrected chi connectivity index (χ0v) is 23.4. The monoisotopic (exact) mass is 573 g/mol. The molecule has 0 aliphatic heterocycles. The summed E-state index contributed by atoms with van der Waals surface area (Å²) in [7, 11) is 3.10. The highest BCUT2D eigenvalue weighted by molar-refractivity contribution is 6.09. The predicted molar refractivity (Wildman–Crippen MR) is 155 cm³/mol. The number of hydrogen-bond donors (Lipinski definition) is 3. The number of carbonyl (C=O) groups excluding carboxylic acids is 3. The van der Waals surface area contributed by atoms with Gasteiger partial charge >= 0.3 is 0 Å². The number of benzene rings is 3. The number of amides is 2. The number of nitrogens with one attached hydrogen (secondary N) is 3. The zero-order valence-electron chi connectivity index (χ0n) is 23.4. The van der Waals surface area contributed by atoms with Crippen LogP contribution < -0.4 is 21.5 Å². The van der Waals surface area contributed by atoms with Crippen molar-refractivity contribution in [2.24, 2.45) is 0 Å². The first-order chi connectivity index (χ1) is 20.0. The number of ketones is 1. The van der Waals surface area contributed by atoms with Crippen LogP contribution in [0, 0.1) is 18.6 Å². The first-order valence-corrected chi connectivity index (χ1v) is 13.0. The topological polar surface area (TPSA) is 122 Å². The average Bonchev–Trinajstić information content (AvgIpc) is 2.98. The Morgan fingerprint density at radius 1 is 0.952 bits per heavy atom. The van der Waals surface area contributed by atoms with Crippen LogP contribution in [0.15, 0.2) is 71.7 Å². The summed E-state index contributed by atoms with van der Waals surface area (Å²) in [6.07, 6.45) is 1.39. The van der Waals surface area contributed by atoms with E-state index in [-0.39, 0.29) is 35.0 Å². The van der Waals surface area contributed by atoms with E-state index in [0.29, 0.717) is 22.4 Å². The Bertz CT molecular complexity index is 1730. The maximum Gasteiger partial charge on any atom is 0.294 e. The summed E-state index contributed by atoms with van der Waals surface area (Å²) in [6, 6.07) is 13.0. The van der Waals surface area contributed by atoms with Crippen molar-refractivity contribution in [2.45, 2.75) is 26.4 Å². The van der Waals surface area contributed by atoms with E-state index in [1.165, 1.54) is 42.1 Å². The quantitative estimate of drug-likeness (QED) is 0.263. The van der Waals surface area contributed by atoms with Gasteiger partial charge in [0.2, 0.25) is 5.91 Å². The molecule has 0 spiro atoms. The third kappa shape index (κ3) is 6.31. The predicted octanol–water partition coefficient (Wildman–Crippen LogP) is 3.68.